The molecule has 6 heteroatoms. The first kappa shape index (κ1) is 13.5. The average Bonchev–Trinajstić information content (AvgIpc) is 2.37. The van der Waals surface area contributed by atoms with Crippen molar-refractivity contribution in [3.63, 3.8) is 0 Å². The smallest absolute Gasteiger partial charge is 0.146 e. The molecule has 0 spiro atoms. The van der Waals surface area contributed by atoms with Crippen LogP contribution in [0, 0.1) is 0 Å². The summed E-state index contributed by atoms with van der Waals surface area (Å²) in [5, 5.41) is 16.4. The lowest BCUT2D eigenvalue weighted by Crippen LogP contribution is -2.36. The molecular formula is C12H19BrN4O. The molecule has 1 heterocycles. The van der Waals surface area contributed by atoms with Gasteiger partial charge in [0, 0.05) is 6.54 Å². The number of nitrogens with one attached hydrogen (secondary N) is 2. The van der Waals surface area contributed by atoms with Crippen LogP contribution in [0.4, 0.5) is 11.6 Å². The predicted octanol–water partition coefficient (Wildman–Crippen LogP) is 2.39. The molecule has 2 unspecified atom stereocenters. The van der Waals surface area contributed by atoms with E-state index in [1.807, 2.05) is 6.92 Å². The summed E-state index contributed by atoms with van der Waals surface area (Å²) in [5.41, 5.74) is 0. The standard InChI is InChI=1S/C12H19BrN4O/c1-2-14-11-10(13)12(16-7-15-11)17-8-5-3-4-6-9(8)18/h7-9,18H,2-6H2,1H3,(H2,14,15,16,17). The van der Waals surface area contributed by atoms with Crippen molar-refractivity contribution in [2.24, 2.45) is 0 Å². The van der Waals surface area contributed by atoms with Crippen LogP contribution in [-0.4, -0.2) is 33.8 Å². The van der Waals surface area contributed by atoms with Crippen LogP contribution in [0.1, 0.15) is 32.6 Å². The largest absolute Gasteiger partial charge is 0.391 e. The minimum absolute atomic E-state index is 0.0828. The molecule has 1 aromatic heterocycles. The van der Waals surface area contributed by atoms with E-state index in [4.69, 9.17) is 0 Å². The lowest BCUT2D eigenvalue weighted by Gasteiger charge is -2.29. The van der Waals surface area contributed by atoms with E-state index in [0.717, 1.165) is 48.3 Å². The molecule has 18 heavy (non-hydrogen) atoms. The Kier molecular flexibility index (Phi) is 4.77. The maximum Gasteiger partial charge on any atom is 0.146 e. The van der Waals surface area contributed by atoms with Gasteiger partial charge in [0.25, 0.3) is 0 Å². The number of nitrogens with zero attached hydrogens (tertiary/aromatic N) is 2. The molecule has 0 aromatic carbocycles. The molecule has 2 atom stereocenters. The summed E-state index contributed by atoms with van der Waals surface area (Å²) < 4.78 is 0.824. The number of aliphatic hydroxyl groups is 1. The van der Waals surface area contributed by atoms with E-state index in [1.54, 1.807) is 0 Å². The summed E-state index contributed by atoms with van der Waals surface area (Å²) in [5.74, 6) is 1.52. The highest BCUT2D eigenvalue weighted by Crippen LogP contribution is 2.29. The van der Waals surface area contributed by atoms with Crippen LogP contribution in [0.2, 0.25) is 0 Å². The van der Waals surface area contributed by atoms with E-state index in [1.165, 1.54) is 6.33 Å². The molecule has 1 saturated carbocycles. The van der Waals surface area contributed by atoms with Gasteiger partial charge in [-0.15, -0.1) is 0 Å². The fourth-order valence-electron chi connectivity index (χ4n) is 2.22. The van der Waals surface area contributed by atoms with Crippen molar-refractivity contribution in [1.29, 1.82) is 0 Å². The minimum atomic E-state index is -0.289. The van der Waals surface area contributed by atoms with Gasteiger partial charge in [-0.25, -0.2) is 9.97 Å². The minimum Gasteiger partial charge on any atom is -0.391 e. The Morgan fingerprint density at radius 2 is 2.06 bits per heavy atom. The van der Waals surface area contributed by atoms with Crippen LogP contribution in [-0.2, 0) is 0 Å². The fraction of sp³-hybridized carbons (Fsp3) is 0.667. The number of hydrogen-bond acceptors (Lipinski definition) is 5. The predicted molar refractivity (Wildman–Crippen MR) is 75.8 cm³/mol. The number of halogens is 1. The molecule has 1 fully saturated rings. The molecule has 0 amide bonds. The maximum absolute atomic E-state index is 9.96. The second-order valence-corrected chi connectivity index (χ2v) is 5.31. The monoisotopic (exact) mass is 314 g/mol. The van der Waals surface area contributed by atoms with Crippen molar-refractivity contribution in [3.8, 4) is 0 Å². The second-order valence-electron chi connectivity index (χ2n) is 4.52. The van der Waals surface area contributed by atoms with E-state index in [0.29, 0.717) is 0 Å². The van der Waals surface area contributed by atoms with Gasteiger partial charge in [0.1, 0.15) is 22.4 Å². The van der Waals surface area contributed by atoms with Crippen molar-refractivity contribution < 1.29 is 5.11 Å². The molecule has 0 saturated heterocycles. The zero-order chi connectivity index (χ0) is 13.0. The normalized spacial score (nSPS) is 23.7. The van der Waals surface area contributed by atoms with Gasteiger partial charge in [-0.05, 0) is 35.7 Å². The topological polar surface area (TPSA) is 70.1 Å². The third-order valence-corrected chi connectivity index (χ3v) is 3.94. The third-order valence-electron chi connectivity index (χ3n) is 3.19. The zero-order valence-corrected chi connectivity index (χ0v) is 12.1. The quantitative estimate of drug-likeness (QED) is 0.796. The molecule has 0 radical (unpaired) electrons. The summed E-state index contributed by atoms with van der Waals surface area (Å²) in [4.78, 5) is 8.40. The summed E-state index contributed by atoms with van der Waals surface area (Å²) >= 11 is 3.50. The van der Waals surface area contributed by atoms with Gasteiger partial charge in [0.05, 0.1) is 12.1 Å². The van der Waals surface area contributed by atoms with Crippen LogP contribution < -0.4 is 10.6 Å². The Morgan fingerprint density at radius 3 is 2.78 bits per heavy atom. The molecule has 3 N–H and O–H groups in total. The SMILES string of the molecule is CCNc1ncnc(NC2CCCCC2O)c1Br. The highest BCUT2D eigenvalue weighted by molar-refractivity contribution is 9.10. The van der Waals surface area contributed by atoms with Gasteiger partial charge in [-0.1, -0.05) is 12.8 Å². The first-order chi connectivity index (χ1) is 8.72. The van der Waals surface area contributed by atoms with E-state index in [9.17, 15) is 5.11 Å². The summed E-state index contributed by atoms with van der Waals surface area (Å²) in [6, 6.07) is 0.0828. The van der Waals surface area contributed by atoms with E-state index < -0.39 is 0 Å². The molecule has 1 aromatic rings. The molecular weight excluding hydrogens is 296 g/mol. The number of anilines is 2. The van der Waals surface area contributed by atoms with Crippen molar-refractivity contribution in [2.45, 2.75) is 44.8 Å². The van der Waals surface area contributed by atoms with E-state index in [-0.39, 0.29) is 12.1 Å². The number of aromatic nitrogens is 2. The van der Waals surface area contributed by atoms with Gasteiger partial charge in [0.2, 0.25) is 0 Å². The van der Waals surface area contributed by atoms with Gasteiger partial charge in [-0.3, -0.25) is 0 Å². The van der Waals surface area contributed by atoms with Crippen molar-refractivity contribution in [1.82, 2.24) is 9.97 Å². The van der Waals surface area contributed by atoms with Gasteiger partial charge < -0.3 is 15.7 Å². The highest BCUT2D eigenvalue weighted by atomic mass is 79.9. The van der Waals surface area contributed by atoms with Crippen LogP contribution >= 0.6 is 15.9 Å². The van der Waals surface area contributed by atoms with Crippen molar-refractivity contribution >= 4 is 27.6 Å². The lowest BCUT2D eigenvalue weighted by atomic mass is 9.93. The molecule has 0 aliphatic heterocycles. The molecule has 1 aliphatic rings. The van der Waals surface area contributed by atoms with Crippen LogP contribution in [0.5, 0.6) is 0 Å². The molecule has 2 rings (SSSR count). The van der Waals surface area contributed by atoms with Gasteiger partial charge >= 0.3 is 0 Å². The Hall–Kier alpha value is -0.880. The first-order valence-corrected chi connectivity index (χ1v) is 7.20. The Morgan fingerprint density at radius 1 is 1.33 bits per heavy atom. The van der Waals surface area contributed by atoms with E-state index in [2.05, 4.69) is 36.5 Å². The average molecular weight is 315 g/mol. The first-order valence-electron chi connectivity index (χ1n) is 6.41. The van der Waals surface area contributed by atoms with Gasteiger partial charge in [0.15, 0.2) is 0 Å². The van der Waals surface area contributed by atoms with Gasteiger partial charge in [-0.2, -0.15) is 0 Å². The Labute approximate surface area is 116 Å². The van der Waals surface area contributed by atoms with Crippen molar-refractivity contribution in [2.75, 3.05) is 17.2 Å². The summed E-state index contributed by atoms with van der Waals surface area (Å²) in [6.45, 7) is 2.83. The second kappa shape index (κ2) is 6.33. The summed E-state index contributed by atoms with van der Waals surface area (Å²) in [7, 11) is 0. The van der Waals surface area contributed by atoms with Crippen LogP contribution in [0.15, 0.2) is 10.8 Å². The molecule has 5 nitrogen and oxygen atoms in total. The number of aliphatic hydroxyl groups excluding tert-OH is 1. The third kappa shape index (κ3) is 3.11. The fourth-order valence-corrected chi connectivity index (χ4v) is 2.68. The Balaban J connectivity index is 2.10. The zero-order valence-electron chi connectivity index (χ0n) is 10.5. The van der Waals surface area contributed by atoms with E-state index >= 15 is 0 Å². The van der Waals surface area contributed by atoms with Crippen LogP contribution in [0.25, 0.3) is 0 Å². The number of hydrogen-bond donors (Lipinski definition) is 3. The Bertz CT molecular complexity index is 402. The summed E-state index contributed by atoms with van der Waals surface area (Å²) in [6.07, 6.45) is 5.34. The lowest BCUT2D eigenvalue weighted by molar-refractivity contribution is 0.116. The van der Waals surface area contributed by atoms with Crippen LogP contribution in [0.3, 0.4) is 0 Å². The van der Waals surface area contributed by atoms with Crippen molar-refractivity contribution in [3.05, 3.63) is 10.8 Å². The molecule has 100 valence electrons. The number of rotatable bonds is 4. The molecule has 0 bridgehead atoms. The molecule has 1 aliphatic carbocycles. The maximum atomic E-state index is 9.96. The highest BCUT2D eigenvalue weighted by Gasteiger charge is 2.24.